The molecule has 0 bridgehead atoms. The van der Waals surface area contributed by atoms with Gasteiger partial charge in [0.25, 0.3) is 5.91 Å². The molecule has 1 amide bonds. The standard InChI is InChI=1S/C13H17ClN2O6/c14-7-3-1-6(2-4-7)12(21)15-16-13-10(20)9(19)11(22-13)8(18)5-17/h1-4,8-11,13,16-20H,5H2,(H,15,21)/t8-,9-,10-,11+,13?/m1/s1. The van der Waals surface area contributed by atoms with Gasteiger partial charge >= 0.3 is 0 Å². The lowest BCUT2D eigenvalue weighted by Crippen LogP contribution is -2.49. The van der Waals surface area contributed by atoms with E-state index in [2.05, 4.69) is 10.9 Å². The zero-order valence-corrected chi connectivity index (χ0v) is 12.1. The number of carbonyl (C=O) groups excluding carboxylic acids is 1. The third kappa shape index (κ3) is 3.73. The van der Waals surface area contributed by atoms with Crippen LogP contribution in [-0.2, 0) is 4.74 Å². The number of amides is 1. The number of aliphatic hydroxyl groups excluding tert-OH is 4. The second-order valence-electron chi connectivity index (χ2n) is 4.86. The number of benzene rings is 1. The monoisotopic (exact) mass is 332 g/mol. The van der Waals surface area contributed by atoms with Crippen molar-refractivity contribution in [3.63, 3.8) is 0 Å². The average Bonchev–Trinajstić information content (AvgIpc) is 2.80. The minimum atomic E-state index is -1.40. The Morgan fingerprint density at radius 1 is 1.27 bits per heavy atom. The molecular weight excluding hydrogens is 316 g/mol. The summed E-state index contributed by atoms with van der Waals surface area (Å²) < 4.78 is 5.19. The van der Waals surface area contributed by atoms with Gasteiger partial charge in [0, 0.05) is 10.6 Å². The van der Waals surface area contributed by atoms with Gasteiger partial charge in [-0.1, -0.05) is 11.6 Å². The van der Waals surface area contributed by atoms with E-state index >= 15 is 0 Å². The van der Waals surface area contributed by atoms with Gasteiger partial charge in [-0.05, 0) is 24.3 Å². The fraction of sp³-hybridized carbons (Fsp3) is 0.462. The SMILES string of the molecule is O=C(NNC1O[C@@H]([C@H](O)CO)[C@H](O)[C@H]1O)c1ccc(Cl)cc1. The molecule has 1 aliphatic heterocycles. The van der Waals surface area contributed by atoms with Gasteiger partial charge in [0.05, 0.1) is 6.61 Å². The van der Waals surface area contributed by atoms with Crippen LogP contribution < -0.4 is 10.9 Å². The van der Waals surface area contributed by atoms with Gasteiger partial charge in [-0.25, -0.2) is 5.43 Å². The van der Waals surface area contributed by atoms with Crippen molar-refractivity contribution < 1.29 is 30.0 Å². The van der Waals surface area contributed by atoms with Crippen LogP contribution in [0, 0.1) is 0 Å². The van der Waals surface area contributed by atoms with Crippen LogP contribution in [0.4, 0.5) is 0 Å². The van der Waals surface area contributed by atoms with Crippen LogP contribution in [-0.4, -0.2) is 63.6 Å². The minimum absolute atomic E-state index is 0.330. The summed E-state index contributed by atoms with van der Waals surface area (Å²) in [4.78, 5) is 11.9. The van der Waals surface area contributed by atoms with E-state index in [1.807, 2.05) is 0 Å². The van der Waals surface area contributed by atoms with Gasteiger partial charge in [-0.15, -0.1) is 0 Å². The number of ether oxygens (including phenoxy) is 1. The summed E-state index contributed by atoms with van der Waals surface area (Å²) in [6, 6.07) is 6.13. The Kier molecular flexibility index (Phi) is 5.70. The summed E-state index contributed by atoms with van der Waals surface area (Å²) in [5.41, 5.74) is 5.07. The molecule has 6 N–H and O–H groups in total. The molecule has 1 heterocycles. The number of hydrazine groups is 1. The maximum Gasteiger partial charge on any atom is 0.265 e. The summed E-state index contributed by atoms with van der Waals surface area (Å²) in [6.45, 7) is -0.627. The van der Waals surface area contributed by atoms with E-state index in [4.69, 9.17) is 21.4 Å². The van der Waals surface area contributed by atoms with Crippen LogP contribution >= 0.6 is 11.6 Å². The normalized spacial score (nSPS) is 29.3. The molecule has 1 aliphatic rings. The Hall–Kier alpha value is -1.26. The van der Waals surface area contributed by atoms with Crippen LogP contribution in [0.1, 0.15) is 10.4 Å². The highest BCUT2D eigenvalue weighted by Gasteiger charge is 2.45. The Morgan fingerprint density at radius 3 is 2.50 bits per heavy atom. The summed E-state index contributed by atoms with van der Waals surface area (Å²) in [5.74, 6) is -0.492. The number of hydrogen-bond acceptors (Lipinski definition) is 7. The molecule has 1 aromatic carbocycles. The van der Waals surface area contributed by atoms with Crippen molar-refractivity contribution in [3.8, 4) is 0 Å². The zero-order chi connectivity index (χ0) is 16.3. The van der Waals surface area contributed by atoms with E-state index < -0.39 is 43.2 Å². The van der Waals surface area contributed by atoms with Crippen LogP contribution in [0.25, 0.3) is 0 Å². The van der Waals surface area contributed by atoms with E-state index in [0.717, 1.165) is 0 Å². The molecule has 5 atom stereocenters. The minimum Gasteiger partial charge on any atom is -0.394 e. The lowest BCUT2D eigenvalue weighted by Gasteiger charge is -2.19. The van der Waals surface area contributed by atoms with E-state index in [0.29, 0.717) is 10.6 Å². The van der Waals surface area contributed by atoms with Crippen LogP contribution in [0.3, 0.4) is 0 Å². The van der Waals surface area contributed by atoms with Gasteiger partial charge in [0.2, 0.25) is 0 Å². The average molecular weight is 333 g/mol. The fourth-order valence-corrected chi connectivity index (χ4v) is 2.18. The maximum atomic E-state index is 11.9. The highest BCUT2D eigenvalue weighted by atomic mass is 35.5. The van der Waals surface area contributed by atoms with Crippen molar-refractivity contribution in [1.29, 1.82) is 0 Å². The van der Waals surface area contributed by atoms with Crippen molar-refractivity contribution in [2.24, 2.45) is 0 Å². The summed E-state index contributed by atoms with van der Waals surface area (Å²) in [7, 11) is 0. The molecule has 1 unspecified atom stereocenters. The Labute approximate surface area is 131 Å². The summed E-state index contributed by atoms with van der Waals surface area (Å²) in [5, 5.41) is 38.3. The molecule has 0 radical (unpaired) electrons. The smallest absolute Gasteiger partial charge is 0.265 e. The number of hydrogen-bond donors (Lipinski definition) is 6. The van der Waals surface area contributed by atoms with Crippen LogP contribution in [0.15, 0.2) is 24.3 Å². The fourth-order valence-electron chi connectivity index (χ4n) is 2.06. The molecular formula is C13H17ClN2O6. The van der Waals surface area contributed by atoms with Crippen molar-refractivity contribution in [3.05, 3.63) is 34.9 Å². The highest BCUT2D eigenvalue weighted by Crippen LogP contribution is 2.22. The zero-order valence-electron chi connectivity index (χ0n) is 11.4. The Morgan fingerprint density at radius 2 is 1.91 bits per heavy atom. The quantitative estimate of drug-likeness (QED) is 0.357. The van der Waals surface area contributed by atoms with Crippen LogP contribution in [0.5, 0.6) is 0 Å². The van der Waals surface area contributed by atoms with E-state index in [1.54, 1.807) is 12.1 Å². The largest absolute Gasteiger partial charge is 0.394 e. The second kappa shape index (κ2) is 7.34. The Bertz CT molecular complexity index is 514. The van der Waals surface area contributed by atoms with E-state index in [1.165, 1.54) is 12.1 Å². The first-order chi connectivity index (χ1) is 10.4. The van der Waals surface area contributed by atoms with Crippen molar-refractivity contribution >= 4 is 17.5 Å². The topological polar surface area (TPSA) is 131 Å². The third-order valence-corrected chi connectivity index (χ3v) is 3.55. The van der Waals surface area contributed by atoms with Gasteiger partial charge < -0.3 is 25.2 Å². The molecule has 9 heteroatoms. The molecule has 0 aliphatic carbocycles. The summed E-state index contributed by atoms with van der Waals surface area (Å²) >= 11 is 5.72. The van der Waals surface area contributed by atoms with E-state index in [9.17, 15) is 20.1 Å². The highest BCUT2D eigenvalue weighted by molar-refractivity contribution is 6.30. The predicted molar refractivity (Wildman–Crippen MR) is 75.8 cm³/mol. The molecule has 1 aromatic rings. The van der Waals surface area contributed by atoms with Crippen molar-refractivity contribution in [1.82, 2.24) is 10.9 Å². The number of aliphatic hydroxyl groups is 4. The molecule has 122 valence electrons. The van der Waals surface area contributed by atoms with Gasteiger partial charge in [0.15, 0.2) is 6.23 Å². The van der Waals surface area contributed by atoms with Gasteiger partial charge in [0.1, 0.15) is 24.4 Å². The number of halogens is 1. The molecule has 1 fully saturated rings. The molecule has 0 aromatic heterocycles. The van der Waals surface area contributed by atoms with Crippen molar-refractivity contribution in [2.45, 2.75) is 30.6 Å². The van der Waals surface area contributed by atoms with Crippen LogP contribution in [0.2, 0.25) is 5.02 Å². The second-order valence-corrected chi connectivity index (χ2v) is 5.29. The third-order valence-electron chi connectivity index (χ3n) is 3.30. The Balaban J connectivity index is 1.91. The molecule has 2 rings (SSSR count). The van der Waals surface area contributed by atoms with Crippen molar-refractivity contribution in [2.75, 3.05) is 6.61 Å². The van der Waals surface area contributed by atoms with Gasteiger partial charge in [-0.2, -0.15) is 0 Å². The van der Waals surface area contributed by atoms with Gasteiger partial charge in [-0.3, -0.25) is 10.2 Å². The number of carbonyl (C=O) groups is 1. The lowest BCUT2D eigenvalue weighted by atomic mass is 10.1. The molecule has 0 saturated carbocycles. The van der Waals surface area contributed by atoms with E-state index in [-0.39, 0.29) is 0 Å². The first-order valence-electron chi connectivity index (χ1n) is 6.56. The number of nitrogens with one attached hydrogen (secondary N) is 2. The first-order valence-corrected chi connectivity index (χ1v) is 6.93. The molecule has 8 nitrogen and oxygen atoms in total. The lowest BCUT2D eigenvalue weighted by molar-refractivity contribution is -0.0884. The number of rotatable bonds is 5. The molecule has 22 heavy (non-hydrogen) atoms. The predicted octanol–water partition coefficient (Wildman–Crippen LogP) is -1.63. The maximum absolute atomic E-state index is 11.9. The first kappa shape index (κ1) is 17.1. The molecule has 1 saturated heterocycles. The molecule has 0 spiro atoms. The summed E-state index contributed by atoms with van der Waals surface area (Å²) in [6.07, 6.45) is -6.41.